The van der Waals surface area contributed by atoms with Crippen LogP contribution >= 0.6 is 0 Å². The Bertz CT molecular complexity index is 753. The second-order valence-electron chi connectivity index (χ2n) is 6.09. The number of nitrogens with one attached hydrogen (secondary N) is 1. The molecule has 5 nitrogen and oxygen atoms in total. The molecule has 0 aliphatic heterocycles. The van der Waals surface area contributed by atoms with E-state index in [0.717, 1.165) is 23.4 Å². The van der Waals surface area contributed by atoms with E-state index < -0.39 is 0 Å². The average Bonchev–Trinajstić information content (AvgIpc) is 2.77. The van der Waals surface area contributed by atoms with Gasteiger partial charge in [-0.15, -0.1) is 0 Å². The van der Waals surface area contributed by atoms with E-state index in [4.69, 9.17) is 5.73 Å². The van der Waals surface area contributed by atoms with Crippen LogP contribution in [0.1, 0.15) is 30.8 Å². The van der Waals surface area contributed by atoms with Gasteiger partial charge in [-0.25, -0.2) is 0 Å². The number of hydrogen-bond donors (Lipinski definition) is 2. The lowest BCUT2D eigenvalue weighted by Gasteiger charge is -2.14. The highest BCUT2D eigenvalue weighted by Crippen LogP contribution is 2.22. The lowest BCUT2D eigenvalue weighted by Crippen LogP contribution is -2.22. The Hall–Kier alpha value is -2.74. The third-order valence-electron chi connectivity index (χ3n) is 3.68. The number of hydrogen-bond acceptors (Lipinski definition) is 3. The Kier molecular flexibility index (Phi) is 5.07. The van der Waals surface area contributed by atoms with E-state index >= 15 is 0 Å². The monoisotopic (exact) mass is 310 g/mol. The van der Waals surface area contributed by atoms with Crippen molar-refractivity contribution in [3.05, 3.63) is 47.3 Å². The molecule has 0 saturated carbocycles. The maximum atomic E-state index is 12.4. The van der Waals surface area contributed by atoms with Crippen LogP contribution in [0.4, 0.5) is 11.4 Å². The standard InChI is InChI=1S/C18H22N4O/c1-12(2)8-17-15(20)9-14(10-19)22(17)11-18(23)21-16-7-5-4-6-13(16)3/h4-7,9,12H,8,11,20H2,1-3H3,(H,21,23). The third kappa shape index (κ3) is 3.92. The Morgan fingerprint density at radius 2 is 2.09 bits per heavy atom. The van der Waals surface area contributed by atoms with Gasteiger partial charge in [0.15, 0.2) is 0 Å². The largest absolute Gasteiger partial charge is 0.397 e. The van der Waals surface area contributed by atoms with Crippen LogP contribution in [0.3, 0.4) is 0 Å². The zero-order valence-corrected chi connectivity index (χ0v) is 13.8. The van der Waals surface area contributed by atoms with Gasteiger partial charge in [-0.05, 0) is 37.0 Å². The van der Waals surface area contributed by atoms with Gasteiger partial charge in [0.25, 0.3) is 0 Å². The molecule has 3 N–H and O–H groups in total. The molecule has 120 valence electrons. The van der Waals surface area contributed by atoms with Gasteiger partial charge in [-0.1, -0.05) is 32.0 Å². The molecule has 23 heavy (non-hydrogen) atoms. The summed E-state index contributed by atoms with van der Waals surface area (Å²) < 4.78 is 1.71. The van der Waals surface area contributed by atoms with Crippen molar-refractivity contribution in [2.75, 3.05) is 11.1 Å². The molecule has 0 aliphatic carbocycles. The minimum absolute atomic E-state index is 0.0798. The van der Waals surface area contributed by atoms with E-state index in [1.54, 1.807) is 10.6 Å². The Morgan fingerprint density at radius 1 is 1.39 bits per heavy atom. The van der Waals surface area contributed by atoms with Gasteiger partial charge in [0.1, 0.15) is 18.3 Å². The van der Waals surface area contributed by atoms with Crippen molar-refractivity contribution in [3.63, 3.8) is 0 Å². The van der Waals surface area contributed by atoms with Gasteiger partial charge in [0, 0.05) is 11.4 Å². The summed E-state index contributed by atoms with van der Waals surface area (Å²) >= 11 is 0. The number of aryl methyl sites for hydroxylation is 1. The SMILES string of the molecule is Cc1ccccc1NC(=O)Cn1c(C#N)cc(N)c1CC(C)C. The summed E-state index contributed by atoms with van der Waals surface area (Å²) in [6.07, 6.45) is 0.727. The fourth-order valence-corrected chi connectivity index (χ4v) is 2.54. The number of aromatic nitrogens is 1. The first-order chi connectivity index (χ1) is 10.9. The topological polar surface area (TPSA) is 83.8 Å². The molecule has 0 fully saturated rings. The van der Waals surface area contributed by atoms with Gasteiger partial charge >= 0.3 is 0 Å². The summed E-state index contributed by atoms with van der Waals surface area (Å²) in [4.78, 5) is 12.4. The Morgan fingerprint density at radius 3 is 2.70 bits per heavy atom. The molecule has 0 unspecified atom stereocenters. The average molecular weight is 310 g/mol. The van der Waals surface area contributed by atoms with Gasteiger partial charge in [-0.3, -0.25) is 4.79 Å². The predicted molar refractivity (Wildman–Crippen MR) is 91.9 cm³/mol. The zero-order chi connectivity index (χ0) is 17.0. The van der Waals surface area contributed by atoms with Crippen molar-refractivity contribution in [2.24, 2.45) is 5.92 Å². The second kappa shape index (κ2) is 7.01. The smallest absolute Gasteiger partial charge is 0.244 e. The molecule has 1 heterocycles. The van der Waals surface area contributed by atoms with Gasteiger partial charge in [-0.2, -0.15) is 5.26 Å². The Balaban J connectivity index is 2.23. The maximum Gasteiger partial charge on any atom is 0.244 e. The summed E-state index contributed by atoms with van der Waals surface area (Å²) in [5.41, 5.74) is 9.62. The van der Waals surface area contributed by atoms with E-state index in [9.17, 15) is 10.1 Å². The first kappa shape index (κ1) is 16.6. The number of carbonyl (C=O) groups is 1. The number of nitriles is 1. The molecule has 2 aromatic rings. The third-order valence-corrected chi connectivity index (χ3v) is 3.68. The maximum absolute atomic E-state index is 12.4. The lowest BCUT2D eigenvalue weighted by molar-refractivity contribution is -0.116. The zero-order valence-electron chi connectivity index (χ0n) is 13.8. The van der Waals surface area contributed by atoms with E-state index in [1.807, 2.05) is 31.2 Å². The summed E-state index contributed by atoms with van der Waals surface area (Å²) in [7, 11) is 0. The molecule has 0 saturated heterocycles. The van der Waals surface area contributed by atoms with Gasteiger partial charge in [0.05, 0.1) is 5.69 Å². The van der Waals surface area contributed by atoms with Crippen LogP contribution in [0.25, 0.3) is 0 Å². The fraction of sp³-hybridized carbons (Fsp3) is 0.333. The van der Waals surface area contributed by atoms with Crippen molar-refractivity contribution >= 4 is 17.3 Å². The van der Waals surface area contributed by atoms with Crippen molar-refractivity contribution in [2.45, 2.75) is 33.7 Å². The normalized spacial score (nSPS) is 10.6. The molecule has 0 radical (unpaired) electrons. The van der Waals surface area contributed by atoms with Crippen LogP contribution < -0.4 is 11.1 Å². The minimum Gasteiger partial charge on any atom is -0.397 e. The van der Waals surface area contributed by atoms with Crippen LogP contribution in [0, 0.1) is 24.2 Å². The fourth-order valence-electron chi connectivity index (χ4n) is 2.54. The number of benzene rings is 1. The quantitative estimate of drug-likeness (QED) is 0.890. The second-order valence-corrected chi connectivity index (χ2v) is 6.09. The van der Waals surface area contributed by atoms with Gasteiger partial charge < -0.3 is 15.6 Å². The van der Waals surface area contributed by atoms with Crippen LogP contribution in [0.5, 0.6) is 0 Å². The number of nitrogen functional groups attached to an aromatic ring is 1. The molecule has 1 aromatic carbocycles. The molecule has 0 spiro atoms. The summed E-state index contributed by atoms with van der Waals surface area (Å²) in [5, 5.41) is 12.2. The molecule has 0 aliphatic rings. The minimum atomic E-state index is -0.170. The van der Waals surface area contributed by atoms with Crippen molar-refractivity contribution in [1.82, 2.24) is 4.57 Å². The van der Waals surface area contributed by atoms with Gasteiger partial charge in [0.2, 0.25) is 5.91 Å². The number of amides is 1. The van der Waals surface area contributed by atoms with E-state index in [2.05, 4.69) is 25.2 Å². The molecule has 1 amide bonds. The van der Waals surface area contributed by atoms with Crippen molar-refractivity contribution < 1.29 is 4.79 Å². The molecule has 0 atom stereocenters. The first-order valence-electron chi connectivity index (χ1n) is 7.65. The number of para-hydroxylation sites is 1. The van der Waals surface area contributed by atoms with E-state index in [1.165, 1.54) is 0 Å². The van der Waals surface area contributed by atoms with Crippen LogP contribution in [-0.2, 0) is 17.8 Å². The number of nitrogens with zero attached hydrogens (tertiary/aromatic N) is 2. The van der Waals surface area contributed by atoms with E-state index in [-0.39, 0.29) is 12.5 Å². The lowest BCUT2D eigenvalue weighted by atomic mass is 10.1. The Labute approximate surface area is 136 Å². The van der Waals surface area contributed by atoms with Crippen LogP contribution in [0.2, 0.25) is 0 Å². The van der Waals surface area contributed by atoms with E-state index in [0.29, 0.717) is 17.3 Å². The van der Waals surface area contributed by atoms with Crippen molar-refractivity contribution in [3.8, 4) is 6.07 Å². The number of anilines is 2. The molecule has 5 heteroatoms. The predicted octanol–water partition coefficient (Wildman–Crippen LogP) is 3.09. The summed E-state index contributed by atoms with van der Waals surface area (Å²) in [6, 6.07) is 11.3. The molecule has 2 rings (SSSR count). The molecule has 1 aromatic heterocycles. The summed E-state index contributed by atoms with van der Waals surface area (Å²) in [6.45, 7) is 6.18. The number of carbonyl (C=O) groups excluding carboxylic acids is 1. The highest BCUT2D eigenvalue weighted by Gasteiger charge is 2.17. The number of nitrogens with two attached hydrogens (primary N) is 1. The van der Waals surface area contributed by atoms with Crippen molar-refractivity contribution in [1.29, 1.82) is 5.26 Å². The molecule has 0 bridgehead atoms. The molecular weight excluding hydrogens is 288 g/mol. The first-order valence-corrected chi connectivity index (χ1v) is 7.65. The van der Waals surface area contributed by atoms with Crippen LogP contribution in [-0.4, -0.2) is 10.5 Å². The highest BCUT2D eigenvalue weighted by molar-refractivity contribution is 5.91. The summed E-state index contributed by atoms with van der Waals surface area (Å²) in [5.74, 6) is 0.216. The number of rotatable bonds is 5. The molecular formula is C18H22N4O. The highest BCUT2D eigenvalue weighted by atomic mass is 16.1. The van der Waals surface area contributed by atoms with Crippen LogP contribution in [0.15, 0.2) is 30.3 Å².